The fourth-order valence-electron chi connectivity index (χ4n) is 1.76. The predicted molar refractivity (Wildman–Crippen MR) is 72.2 cm³/mol. The number of H-pyrrole nitrogens is 2. The fourth-order valence-corrected chi connectivity index (χ4v) is 1.76. The summed E-state index contributed by atoms with van der Waals surface area (Å²) in [6.45, 7) is 0. The molecule has 0 bridgehead atoms. The van der Waals surface area contributed by atoms with E-state index in [4.69, 9.17) is 0 Å². The zero-order valence-electron chi connectivity index (χ0n) is 11.1. The Morgan fingerprint density at radius 2 is 1.00 bits per heavy atom. The molecule has 2 heterocycles. The van der Waals surface area contributed by atoms with Gasteiger partial charge in [0, 0.05) is 0 Å². The van der Waals surface area contributed by atoms with Gasteiger partial charge >= 0.3 is 19.5 Å². The number of fused-ring (bicyclic) bond motifs is 2. The van der Waals surface area contributed by atoms with Crippen LogP contribution in [-0.2, 0) is 19.5 Å². The number of para-hydroxylation sites is 4. The summed E-state index contributed by atoms with van der Waals surface area (Å²) in [4.78, 5) is 14.1. The maximum atomic E-state index is 4.06. The van der Waals surface area contributed by atoms with Crippen LogP contribution in [0.2, 0.25) is 0 Å². The quantitative estimate of drug-likeness (QED) is 0.326. The van der Waals surface area contributed by atoms with Crippen LogP contribution >= 0.6 is 0 Å². The van der Waals surface area contributed by atoms with Crippen molar-refractivity contribution in [1.29, 1.82) is 0 Å². The molecule has 0 aliphatic carbocycles. The second-order valence-corrected chi connectivity index (χ2v) is 3.84. The first-order valence-electron chi connectivity index (χ1n) is 5.70. The Labute approximate surface area is 147 Å². The van der Waals surface area contributed by atoms with Gasteiger partial charge in [0.15, 0.2) is 0 Å². The van der Waals surface area contributed by atoms with Crippen molar-refractivity contribution in [2.45, 2.75) is 0 Å². The molecule has 0 saturated carbocycles. The number of hydrogen-bond donors (Lipinski definition) is 2. The van der Waals surface area contributed by atoms with Gasteiger partial charge in [-0.1, -0.05) is 24.3 Å². The summed E-state index contributed by atoms with van der Waals surface area (Å²) < 4.78 is 0. The molecule has 2 aromatic heterocycles. The van der Waals surface area contributed by atoms with Gasteiger partial charge in [-0.05, 0) is 24.3 Å². The van der Waals surface area contributed by atoms with Gasteiger partial charge in [0.25, 0.3) is 0 Å². The van der Waals surface area contributed by atoms with E-state index < -0.39 is 0 Å². The maximum Gasteiger partial charge on any atom is 2.00 e. The first-order valence-corrected chi connectivity index (χ1v) is 5.70. The van der Waals surface area contributed by atoms with E-state index in [0.29, 0.717) is 0 Å². The van der Waals surface area contributed by atoms with Gasteiger partial charge in [0.05, 0.1) is 34.7 Å². The summed E-state index contributed by atoms with van der Waals surface area (Å²) in [6.07, 6.45) is 3.40. The Hall–Kier alpha value is -1.42. The Kier molecular flexibility index (Phi) is 8.87. The van der Waals surface area contributed by atoms with E-state index in [0.717, 1.165) is 22.1 Å². The monoisotopic (exact) mass is 370 g/mol. The molecule has 0 amide bonds. The zero-order valence-corrected chi connectivity index (χ0v) is 15.6. The molecule has 0 aliphatic rings. The fraction of sp³-hybridized carbons (Fsp3) is 0. The molecular weight excluding hydrogens is 360 g/mol. The first-order chi connectivity index (χ1) is 8.93. The minimum atomic E-state index is 0. The number of halogens is 2. The maximum absolute atomic E-state index is 4.06. The number of aromatic amines is 2. The van der Waals surface area contributed by atoms with Crippen molar-refractivity contribution in [2.75, 3.05) is 0 Å². The number of nitrogens with one attached hydrogen (secondary N) is 2. The molecule has 21 heavy (non-hydrogen) atoms. The van der Waals surface area contributed by atoms with Crippen LogP contribution in [-0.4, -0.2) is 19.9 Å². The summed E-state index contributed by atoms with van der Waals surface area (Å²) >= 11 is 0. The molecular formula is C14H12Cl2N4Zn. The molecule has 2 aromatic carbocycles. The zero-order chi connectivity index (χ0) is 12.2. The molecule has 104 valence electrons. The standard InChI is InChI=1S/2C7H6N2.2ClH.Zn/c2*1-2-4-7-6(3-1)8-5-9-7;;;/h2*1-5H,(H,8,9);2*1H;/q;;;;+2/p-2. The predicted octanol–water partition coefficient (Wildman–Crippen LogP) is -2.87. The molecule has 0 atom stereocenters. The summed E-state index contributed by atoms with van der Waals surface area (Å²) in [6, 6.07) is 15.9. The van der Waals surface area contributed by atoms with Gasteiger partial charge in [-0.15, -0.1) is 0 Å². The number of aromatic nitrogens is 4. The third-order valence-corrected chi connectivity index (χ3v) is 2.66. The van der Waals surface area contributed by atoms with E-state index in [1.807, 2.05) is 48.5 Å². The van der Waals surface area contributed by atoms with Crippen LogP contribution in [0.25, 0.3) is 22.1 Å². The molecule has 0 fully saturated rings. The number of hydrogen-bond acceptors (Lipinski definition) is 2. The molecule has 0 unspecified atom stereocenters. The van der Waals surface area contributed by atoms with Crippen LogP contribution in [0.5, 0.6) is 0 Å². The van der Waals surface area contributed by atoms with Gasteiger partial charge in [-0.3, -0.25) is 0 Å². The van der Waals surface area contributed by atoms with E-state index in [9.17, 15) is 0 Å². The van der Waals surface area contributed by atoms with E-state index in [1.165, 1.54) is 0 Å². The Morgan fingerprint density at radius 3 is 1.38 bits per heavy atom. The van der Waals surface area contributed by atoms with Gasteiger partial charge < -0.3 is 34.8 Å². The van der Waals surface area contributed by atoms with E-state index in [-0.39, 0.29) is 44.3 Å². The van der Waals surface area contributed by atoms with Crippen LogP contribution in [0.1, 0.15) is 0 Å². The second-order valence-electron chi connectivity index (χ2n) is 3.84. The largest absolute Gasteiger partial charge is 2.00 e. The van der Waals surface area contributed by atoms with Gasteiger partial charge in [-0.2, -0.15) is 0 Å². The first kappa shape index (κ1) is 19.6. The topological polar surface area (TPSA) is 57.4 Å². The van der Waals surface area contributed by atoms with Crippen LogP contribution < -0.4 is 24.8 Å². The van der Waals surface area contributed by atoms with Crippen LogP contribution in [0.3, 0.4) is 0 Å². The normalized spacial score (nSPS) is 8.76. The summed E-state index contributed by atoms with van der Waals surface area (Å²) in [7, 11) is 0. The third kappa shape index (κ3) is 4.81. The smallest absolute Gasteiger partial charge is 1.00 e. The molecule has 2 N–H and O–H groups in total. The van der Waals surface area contributed by atoms with Crippen LogP contribution in [0, 0.1) is 0 Å². The van der Waals surface area contributed by atoms with Gasteiger partial charge in [0.2, 0.25) is 0 Å². The van der Waals surface area contributed by atoms with Crippen LogP contribution in [0.15, 0.2) is 61.2 Å². The van der Waals surface area contributed by atoms with Gasteiger partial charge in [0.1, 0.15) is 0 Å². The molecule has 7 heteroatoms. The molecule has 0 aliphatic heterocycles. The minimum Gasteiger partial charge on any atom is -1.00 e. The average Bonchev–Trinajstić information content (AvgIpc) is 3.08. The second kappa shape index (κ2) is 9.51. The SMILES string of the molecule is [Cl-].[Cl-].[Zn+2].c1ccc2[nH]cnc2c1.c1ccc2[nH]cnc2c1. The van der Waals surface area contributed by atoms with Crippen molar-refractivity contribution in [2.24, 2.45) is 0 Å². The summed E-state index contributed by atoms with van der Waals surface area (Å²) in [5.74, 6) is 0. The number of rotatable bonds is 0. The number of benzene rings is 2. The summed E-state index contributed by atoms with van der Waals surface area (Å²) in [5.41, 5.74) is 4.24. The Balaban J connectivity index is 0.000000333. The van der Waals surface area contributed by atoms with E-state index in [2.05, 4.69) is 19.9 Å². The molecule has 0 spiro atoms. The van der Waals surface area contributed by atoms with Crippen molar-refractivity contribution >= 4 is 22.1 Å². The van der Waals surface area contributed by atoms with E-state index >= 15 is 0 Å². The summed E-state index contributed by atoms with van der Waals surface area (Å²) in [5, 5.41) is 0. The van der Waals surface area contributed by atoms with Crippen molar-refractivity contribution in [3.05, 3.63) is 61.2 Å². The van der Waals surface area contributed by atoms with Crippen LogP contribution in [0.4, 0.5) is 0 Å². The molecule has 0 saturated heterocycles. The average molecular weight is 373 g/mol. The molecule has 4 nitrogen and oxygen atoms in total. The minimum absolute atomic E-state index is 0. The van der Waals surface area contributed by atoms with Crippen molar-refractivity contribution < 1.29 is 44.3 Å². The Bertz CT molecular complexity index is 643. The van der Waals surface area contributed by atoms with E-state index in [1.54, 1.807) is 12.7 Å². The molecule has 0 radical (unpaired) electrons. The van der Waals surface area contributed by atoms with Gasteiger partial charge in [-0.25, -0.2) is 9.97 Å². The Morgan fingerprint density at radius 1 is 0.619 bits per heavy atom. The van der Waals surface area contributed by atoms with Crippen molar-refractivity contribution in [3.8, 4) is 0 Å². The van der Waals surface area contributed by atoms with Crippen molar-refractivity contribution in [1.82, 2.24) is 19.9 Å². The van der Waals surface area contributed by atoms with Crippen molar-refractivity contribution in [3.63, 3.8) is 0 Å². The molecule has 4 rings (SSSR count). The number of nitrogens with zero attached hydrogens (tertiary/aromatic N) is 2. The number of imidazole rings is 2. The molecule has 4 aromatic rings. The third-order valence-electron chi connectivity index (χ3n) is 2.66.